The molecule has 0 amide bonds. The maximum atomic E-state index is 10.8. The van der Waals surface area contributed by atoms with Crippen LogP contribution in [0.5, 0.6) is 0 Å². The molecule has 0 aromatic carbocycles. The van der Waals surface area contributed by atoms with Crippen molar-refractivity contribution in [2.45, 2.75) is 32.6 Å². The predicted octanol–water partition coefficient (Wildman–Crippen LogP) is 2.47. The first kappa shape index (κ1) is 19.1. The van der Waals surface area contributed by atoms with Crippen LogP contribution in [0.1, 0.15) is 32.6 Å². The number of allylic oxidation sites excluding steroid dienone is 4. The standard InChI is InChI=1S/C18H18O4/c1-2-3-4-5-6-7-8-9-10-12-16(15-18(21)22)13-11-14-17(19)20/h8-10,12,16H,11,13-15H2,1H3,(H,19,20)(H,21,22). The molecule has 2 N–H and O–H groups in total. The van der Waals surface area contributed by atoms with Crippen LogP contribution in [0.25, 0.3) is 0 Å². The van der Waals surface area contributed by atoms with E-state index in [1.807, 2.05) is 0 Å². The Morgan fingerprint density at radius 3 is 2.41 bits per heavy atom. The van der Waals surface area contributed by atoms with Gasteiger partial charge in [-0.05, 0) is 55.4 Å². The summed E-state index contributed by atoms with van der Waals surface area (Å²) in [6.07, 6.45) is 7.75. The van der Waals surface area contributed by atoms with Crippen molar-refractivity contribution in [2.75, 3.05) is 0 Å². The normalized spacial score (nSPS) is 10.8. The summed E-state index contributed by atoms with van der Waals surface area (Å²) in [5.41, 5.74) is 0. The molecule has 0 spiro atoms. The second-order valence-corrected chi connectivity index (χ2v) is 4.28. The Balaban J connectivity index is 4.38. The second-order valence-electron chi connectivity index (χ2n) is 4.28. The molecule has 1 atom stereocenters. The molecule has 0 aliphatic rings. The molecule has 0 heterocycles. The Labute approximate surface area is 130 Å². The minimum Gasteiger partial charge on any atom is -0.481 e. The summed E-state index contributed by atoms with van der Waals surface area (Å²) in [6.45, 7) is 1.69. The number of hydrogen-bond acceptors (Lipinski definition) is 2. The summed E-state index contributed by atoms with van der Waals surface area (Å²) in [5.74, 6) is 13.6. The van der Waals surface area contributed by atoms with Gasteiger partial charge in [-0.3, -0.25) is 9.59 Å². The van der Waals surface area contributed by atoms with Crippen LogP contribution in [0, 0.1) is 41.4 Å². The highest BCUT2D eigenvalue weighted by Crippen LogP contribution is 2.14. The monoisotopic (exact) mass is 298 g/mol. The molecule has 0 rings (SSSR count). The van der Waals surface area contributed by atoms with E-state index in [-0.39, 0.29) is 18.8 Å². The van der Waals surface area contributed by atoms with E-state index in [4.69, 9.17) is 10.2 Å². The van der Waals surface area contributed by atoms with Crippen LogP contribution in [0.4, 0.5) is 0 Å². The first-order chi connectivity index (χ1) is 10.6. The van der Waals surface area contributed by atoms with Crippen molar-refractivity contribution < 1.29 is 19.8 Å². The Morgan fingerprint density at radius 1 is 1.05 bits per heavy atom. The zero-order chi connectivity index (χ0) is 16.6. The lowest BCUT2D eigenvalue weighted by Gasteiger charge is -2.08. The zero-order valence-electron chi connectivity index (χ0n) is 12.4. The molecule has 0 saturated carbocycles. The topological polar surface area (TPSA) is 74.6 Å². The molecule has 0 radical (unpaired) electrons. The molecule has 0 aromatic rings. The fraction of sp³-hybridized carbons (Fsp3) is 0.333. The highest BCUT2D eigenvalue weighted by atomic mass is 16.4. The maximum Gasteiger partial charge on any atom is 0.303 e. The van der Waals surface area contributed by atoms with Crippen molar-refractivity contribution in [2.24, 2.45) is 5.92 Å². The summed E-state index contributed by atoms with van der Waals surface area (Å²) in [5, 5.41) is 17.4. The van der Waals surface area contributed by atoms with E-state index >= 15 is 0 Å². The fourth-order valence-electron chi connectivity index (χ4n) is 1.53. The Kier molecular flexibility index (Phi) is 11.4. The SMILES string of the molecule is CC#CC#CC#CC=CC=CC(CCCC(=O)O)CC(=O)O. The third-order valence-corrected chi connectivity index (χ3v) is 2.46. The minimum absolute atomic E-state index is 0.0171. The van der Waals surface area contributed by atoms with Gasteiger partial charge in [0.15, 0.2) is 0 Å². The molecule has 0 aromatic heterocycles. The van der Waals surface area contributed by atoms with Gasteiger partial charge in [-0.15, -0.1) is 0 Å². The lowest BCUT2D eigenvalue weighted by atomic mass is 9.98. The summed E-state index contributed by atoms with van der Waals surface area (Å²) < 4.78 is 0. The zero-order valence-corrected chi connectivity index (χ0v) is 12.4. The van der Waals surface area contributed by atoms with Gasteiger partial charge in [0.05, 0.1) is 6.42 Å². The van der Waals surface area contributed by atoms with E-state index in [0.29, 0.717) is 12.8 Å². The summed E-state index contributed by atoms with van der Waals surface area (Å²) >= 11 is 0. The van der Waals surface area contributed by atoms with Crippen LogP contribution in [0.2, 0.25) is 0 Å². The maximum absolute atomic E-state index is 10.8. The molecular formula is C18H18O4. The van der Waals surface area contributed by atoms with E-state index in [0.717, 1.165) is 0 Å². The van der Waals surface area contributed by atoms with Crippen molar-refractivity contribution in [3.63, 3.8) is 0 Å². The minimum atomic E-state index is -0.902. The largest absolute Gasteiger partial charge is 0.481 e. The predicted molar refractivity (Wildman–Crippen MR) is 84.5 cm³/mol. The van der Waals surface area contributed by atoms with Crippen LogP contribution in [-0.4, -0.2) is 22.2 Å². The van der Waals surface area contributed by atoms with Gasteiger partial charge in [-0.2, -0.15) is 0 Å². The molecule has 1 unspecified atom stereocenters. The van der Waals surface area contributed by atoms with Gasteiger partial charge in [0.2, 0.25) is 0 Å². The third-order valence-electron chi connectivity index (χ3n) is 2.46. The third kappa shape index (κ3) is 13.5. The fourth-order valence-corrected chi connectivity index (χ4v) is 1.53. The molecule has 4 nitrogen and oxygen atoms in total. The quantitative estimate of drug-likeness (QED) is 0.533. The average molecular weight is 298 g/mol. The number of carboxylic acids is 2. The molecular weight excluding hydrogens is 280 g/mol. The lowest BCUT2D eigenvalue weighted by molar-refractivity contribution is -0.137. The molecule has 0 bridgehead atoms. The van der Waals surface area contributed by atoms with Crippen LogP contribution in [0.3, 0.4) is 0 Å². The van der Waals surface area contributed by atoms with Crippen LogP contribution >= 0.6 is 0 Å². The molecule has 4 heteroatoms. The number of aliphatic carboxylic acids is 2. The smallest absolute Gasteiger partial charge is 0.303 e. The Hall–Kier alpha value is -2.90. The van der Waals surface area contributed by atoms with Crippen molar-refractivity contribution in [1.29, 1.82) is 0 Å². The highest BCUT2D eigenvalue weighted by molar-refractivity contribution is 5.67. The van der Waals surface area contributed by atoms with E-state index < -0.39 is 11.9 Å². The average Bonchev–Trinajstić information content (AvgIpc) is 2.44. The lowest BCUT2D eigenvalue weighted by Crippen LogP contribution is -2.06. The van der Waals surface area contributed by atoms with Crippen molar-refractivity contribution in [1.82, 2.24) is 0 Å². The second kappa shape index (κ2) is 13.1. The van der Waals surface area contributed by atoms with Gasteiger partial charge in [-0.1, -0.05) is 30.1 Å². The number of carboxylic acid groups (broad SMARTS) is 2. The van der Waals surface area contributed by atoms with E-state index in [9.17, 15) is 9.59 Å². The van der Waals surface area contributed by atoms with E-state index in [1.54, 1.807) is 31.2 Å². The molecule has 0 aliphatic carbocycles. The van der Waals surface area contributed by atoms with Crippen LogP contribution in [0.15, 0.2) is 24.3 Å². The highest BCUT2D eigenvalue weighted by Gasteiger charge is 2.10. The van der Waals surface area contributed by atoms with E-state index in [2.05, 4.69) is 35.5 Å². The van der Waals surface area contributed by atoms with Gasteiger partial charge in [0, 0.05) is 6.42 Å². The summed E-state index contributed by atoms with van der Waals surface area (Å²) in [4.78, 5) is 21.2. The molecule has 0 fully saturated rings. The number of hydrogen-bond donors (Lipinski definition) is 2. The van der Waals surface area contributed by atoms with Crippen LogP contribution in [-0.2, 0) is 9.59 Å². The van der Waals surface area contributed by atoms with Crippen LogP contribution < -0.4 is 0 Å². The first-order valence-electron chi connectivity index (χ1n) is 6.75. The Morgan fingerprint density at radius 2 is 1.77 bits per heavy atom. The number of carbonyl (C=O) groups is 2. The Bertz CT molecular complexity index is 607. The van der Waals surface area contributed by atoms with Gasteiger partial charge >= 0.3 is 11.9 Å². The van der Waals surface area contributed by atoms with E-state index in [1.165, 1.54) is 0 Å². The van der Waals surface area contributed by atoms with Gasteiger partial charge < -0.3 is 10.2 Å². The number of rotatable bonds is 8. The van der Waals surface area contributed by atoms with Crippen molar-refractivity contribution >= 4 is 11.9 Å². The van der Waals surface area contributed by atoms with Gasteiger partial charge in [-0.25, -0.2) is 0 Å². The molecule has 0 aliphatic heterocycles. The first-order valence-corrected chi connectivity index (χ1v) is 6.75. The van der Waals surface area contributed by atoms with Crippen molar-refractivity contribution in [3.05, 3.63) is 24.3 Å². The van der Waals surface area contributed by atoms with Gasteiger partial charge in [0.25, 0.3) is 0 Å². The van der Waals surface area contributed by atoms with Crippen molar-refractivity contribution in [3.8, 4) is 35.5 Å². The van der Waals surface area contributed by atoms with Gasteiger partial charge in [0.1, 0.15) is 0 Å². The molecule has 0 saturated heterocycles. The molecule has 22 heavy (non-hydrogen) atoms. The summed E-state index contributed by atoms with van der Waals surface area (Å²) in [7, 11) is 0. The molecule has 114 valence electrons. The summed E-state index contributed by atoms with van der Waals surface area (Å²) in [6, 6.07) is 0.